The molecule has 5 rings (SSSR count). The van der Waals surface area contributed by atoms with Crippen molar-refractivity contribution in [2.45, 2.75) is 93.8 Å². The summed E-state index contributed by atoms with van der Waals surface area (Å²) in [5.41, 5.74) is 1.73. The van der Waals surface area contributed by atoms with E-state index < -0.39 is 39.9 Å². The van der Waals surface area contributed by atoms with E-state index in [0.29, 0.717) is 53.9 Å². The molecule has 2 aromatic carbocycles. The van der Waals surface area contributed by atoms with Crippen molar-refractivity contribution in [2.75, 3.05) is 37.0 Å². The summed E-state index contributed by atoms with van der Waals surface area (Å²) >= 11 is 1.41. The number of sulfonamides is 1. The fourth-order valence-electron chi connectivity index (χ4n) is 5.77. The van der Waals surface area contributed by atoms with E-state index in [9.17, 15) is 18.5 Å². The Morgan fingerprint density at radius 1 is 1.14 bits per heavy atom. The van der Waals surface area contributed by atoms with Crippen LogP contribution in [-0.2, 0) is 23.9 Å². The summed E-state index contributed by atoms with van der Waals surface area (Å²) in [5.74, 6) is 0. The number of ether oxygens (including phenoxy) is 2. The molecular formula is C35H48N6O7S2Si. The third-order valence-corrected chi connectivity index (χ3v) is 16.7. The molecule has 276 valence electrons. The average Bonchev–Trinajstić information content (AvgIpc) is 3.48. The molecule has 1 fully saturated rings. The highest BCUT2D eigenvalue weighted by Crippen LogP contribution is 2.39. The van der Waals surface area contributed by atoms with E-state index in [0.717, 1.165) is 24.8 Å². The molecule has 1 aliphatic rings. The quantitative estimate of drug-likeness (QED) is 0.0291. The second-order valence-electron chi connectivity index (χ2n) is 14.1. The number of hydrogen-bond acceptors (Lipinski definition) is 11. The van der Waals surface area contributed by atoms with Crippen molar-refractivity contribution >= 4 is 52.4 Å². The summed E-state index contributed by atoms with van der Waals surface area (Å²) in [6.45, 7) is 14.4. The lowest BCUT2D eigenvalue weighted by atomic mass is 10.1. The molecule has 1 saturated heterocycles. The zero-order valence-electron chi connectivity index (χ0n) is 30.4. The molecule has 0 saturated carbocycles. The van der Waals surface area contributed by atoms with Crippen LogP contribution in [0.2, 0.25) is 18.1 Å². The lowest BCUT2D eigenvalue weighted by Gasteiger charge is -2.36. The van der Waals surface area contributed by atoms with Crippen LogP contribution in [-0.4, -0.2) is 80.1 Å². The molecule has 2 aromatic heterocycles. The molecule has 16 heteroatoms. The van der Waals surface area contributed by atoms with Crippen molar-refractivity contribution < 1.29 is 27.2 Å². The molecule has 0 aliphatic carbocycles. The number of fused-ring (bicyclic) bond motifs is 1. The monoisotopic (exact) mass is 756 g/mol. The van der Waals surface area contributed by atoms with Gasteiger partial charge in [0.05, 0.1) is 35.0 Å². The molecular weight excluding hydrogens is 709 g/mol. The first kappa shape index (κ1) is 38.8. The van der Waals surface area contributed by atoms with Crippen LogP contribution >= 0.6 is 11.8 Å². The zero-order valence-corrected chi connectivity index (χ0v) is 33.0. The van der Waals surface area contributed by atoms with Gasteiger partial charge in [0, 0.05) is 36.9 Å². The largest absolute Gasteiger partial charge is 0.414 e. The van der Waals surface area contributed by atoms with Crippen molar-refractivity contribution in [3.8, 4) is 11.4 Å². The topological polar surface area (TPSA) is 152 Å². The van der Waals surface area contributed by atoms with Gasteiger partial charge in [-0.1, -0.05) is 44.7 Å². The smallest absolute Gasteiger partial charge is 0.289 e. The van der Waals surface area contributed by atoms with Crippen molar-refractivity contribution in [1.82, 2.24) is 19.7 Å². The van der Waals surface area contributed by atoms with E-state index in [1.807, 2.05) is 17.0 Å². The second-order valence-corrected chi connectivity index (χ2v) is 21.5. The molecule has 13 nitrogen and oxygen atoms in total. The molecule has 0 spiro atoms. The third-order valence-electron chi connectivity index (χ3n) is 9.61. The minimum atomic E-state index is -4.45. The van der Waals surface area contributed by atoms with Crippen LogP contribution in [0.15, 0.2) is 64.8 Å². The van der Waals surface area contributed by atoms with Crippen LogP contribution in [0.1, 0.15) is 59.6 Å². The van der Waals surface area contributed by atoms with E-state index in [1.165, 1.54) is 40.3 Å². The molecule has 0 N–H and O–H groups in total. The van der Waals surface area contributed by atoms with Crippen LogP contribution in [0.25, 0.3) is 22.3 Å². The molecule has 4 aromatic rings. The maximum absolute atomic E-state index is 14.6. The zero-order chi connectivity index (χ0) is 37.0. The Balaban J connectivity index is 1.54. The van der Waals surface area contributed by atoms with Gasteiger partial charge in [-0.05, 0) is 87.3 Å². The van der Waals surface area contributed by atoms with Gasteiger partial charge in [-0.15, -0.1) is 0 Å². The summed E-state index contributed by atoms with van der Waals surface area (Å²) in [4.78, 5) is 20.0. The number of hydrogen-bond donors (Lipinski definition) is 0. The van der Waals surface area contributed by atoms with Crippen LogP contribution in [0.3, 0.4) is 0 Å². The molecule has 1 aliphatic heterocycles. The Morgan fingerprint density at radius 2 is 1.90 bits per heavy atom. The van der Waals surface area contributed by atoms with E-state index in [2.05, 4.69) is 38.8 Å². The number of aromatic nitrogens is 4. The van der Waals surface area contributed by atoms with Gasteiger partial charge in [0.1, 0.15) is 5.69 Å². The van der Waals surface area contributed by atoms with Crippen molar-refractivity contribution in [1.29, 1.82) is 0 Å². The summed E-state index contributed by atoms with van der Waals surface area (Å²) in [6, 6.07) is 11.9. The van der Waals surface area contributed by atoms with Gasteiger partial charge in [-0.25, -0.2) is 23.1 Å². The van der Waals surface area contributed by atoms with E-state index in [-0.39, 0.29) is 17.9 Å². The van der Waals surface area contributed by atoms with Crippen molar-refractivity contribution in [2.24, 2.45) is 0 Å². The molecule has 0 radical (unpaired) electrons. The highest BCUT2D eigenvalue weighted by molar-refractivity contribution is 7.98. The standard InChI is InChI=1S/C35H48N6O7S2Si/c1-25(18-21-46-22-23-48-51(6,7)35(2,3)4)40(50(44,45)31-13-9-8-12-30(31)41(42)43)26-15-16-29-27(24-26)33(28-17-19-36-34(37-28)49-5)38-39(29)32-14-10-11-20-47-32/h8-9,12-13,15-17,19,24-25,32H,10-11,14,18,20-23H2,1-7H3/t25-,32?/m0/s1. The predicted molar refractivity (Wildman–Crippen MR) is 202 cm³/mol. The van der Waals surface area contributed by atoms with Gasteiger partial charge in [0.25, 0.3) is 15.7 Å². The number of para-hydroxylation sites is 1. The van der Waals surface area contributed by atoms with Gasteiger partial charge in [-0.3, -0.25) is 14.4 Å². The van der Waals surface area contributed by atoms with Crippen LogP contribution in [0.5, 0.6) is 0 Å². The van der Waals surface area contributed by atoms with Crippen molar-refractivity contribution in [3.63, 3.8) is 0 Å². The molecule has 2 atom stereocenters. The maximum atomic E-state index is 14.6. The lowest BCUT2D eigenvalue weighted by molar-refractivity contribution is -0.387. The first-order valence-electron chi connectivity index (χ1n) is 17.2. The average molecular weight is 757 g/mol. The van der Waals surface area contributed by atoms with Crippen LogP contribution < -0.4 is 4.31 Å². The van der Waals surface area contributed by atoms with E-state index >= 15 is 0 Å². The Hall–Kier alpha value is -3.41. The number of nitro benzene ring substituents is 1. The van der Waals surface area contributed by atoms with E-state index in [1.54, 1.807) is 31.3 Å². The summed E-state index contributed by atoms with van der Waals surface area (Å²) in [7, 11) is -6.39. The van der Waals surface area contributed by atoms with Gasteiger partial charge in [0.15, 0.2) is 24.6 Å². The Labute approximate surface area is 305 Å². The number of benzene rings is 2. The van der Waals surface area contributed by atoms with Gasteiger partial charge in [-0.2, -0.15) is 5.10 Å². The number of rotatable bonds is 15. The number of anilines is 1. The first-order chi connectivity index (χ1) is 24.2. The Kier molecular flexibility index (Phi) is 12.2. The summed E-state index contributed by atoms with van der Waals surface area (Å²) in [5, 5.41) is 18.3. The van der Waals surface area contributed by atoms with Gasteiger partial charge >= 0.3 is 0 Å². The number of nitrogens with zero attached hydrogens (tertiary/aromatic N) is 6. The fourth-order valence-corrected chi connectivity index (χ4v) is 8.99. The number of nitro groups is 1. The lowest BCUT2D eigenvalue weighted by Crippen LogP contribution is -2.41. The molecule has 0 amide bonds. The summed E-state index contributed by atoms with van der Waals surface area (Å²) in [6.07, 6.45) is 6.35. The van der Waals surface area contributed by atoms with Crippen LogP contribution in [0.4, 0.5) is 11.4 Å². The third kappa shape index (κ3) is 8.63. The molecule has 51 heavy (non-hydrogen) atoms. The highest BCUT2D eigenvalue weighted by atomic mass is 32.2. The first-order valence-corrected chi connectivity index (χ1v) is 22.7. The Bertz CT molecular complexity index is 1940. The molecule has 3 heterocycles. The SMILES string of the molecule is CSc1nccc(-c2nn(C3CCCCO3)c3ccc(N([C@@H](C)CCOCCO[Si](C)(C)C(C)(C)C)S(=O)(=O)c4ccccc4[N+](=O)[O-])cc23)n1. The minimum absolute atomic E-state index is 0.0715. The minimum Gasteiger partial charge on any atom is -0.414 e. The van der Waals surface area contributed by atoms with E-state index in [4.69, 9.17) is 24.0 Å². The Morgan fingerprint density at radius 3 is 2.59 bits per heavy atom. The van der Waals surface area contributed by atoms with Gasteiger partial charge < -0.3 is 13.9 Å². The highest BCUT2D eigenvalue weighted by Gasteiger charge is 2.37. The van der Waals surface area contributed by atoms with Crippen LogP contribution in [0, 0.1) is 10.1 Å². The normalized spacial score (nSPS) is 16.3. The van der Waals surface area contributed by atoms with Crippen molar-refractivity contribution in [3.05, 3.63) is 64.8 Å². The second kappa shape index (κ2) is 16.1. The summed E-state index contributed by atoms with van der Waals surface area (Å²) < 4.78 is 50.5. The fraction of sp³-hybridized carbons (Fsp3) is 0.514. The predicted octanol–water partition coefficient (Wildman–Crippen LogP) is 7.83. The molecule has 0 bridgehead atoms. The van der Waals surface area contributed by atoms with Gasteiger partial charge in [0.2, 0.25) is 0 Å². The number of thioether (sulfide) groups is 1. The maximum Gasteiger partial charge on any atom is 0.289 e. The molecule has 1 unspecified atom stereocenters.